The summed E-state index contributed by atoms with van der Waals surface area (Å²) >= 11 is 6.12. The van der Waals surface area contributed by atoms with E-state index in [2.05, 4.69) is 15.4 Å². The number of hydrogen-bond donors (Lipinski definition) is 1. The number of imidazole rings is 1. The van der Waals surface area contributed by atoms with Crippen LogP contribution in [0.2, 0.25) is 5.02 Å². The van der Waals surface area contributed by atoms with Crippen molar-refractivity contribution >= 4 is 45.2 Å². The summed E-state index contributed by atoms with van der Waals surface area (Å²) in [6.07, 6.45) is 3.70. The third-order valence-corrected chi connectivity index (χ3v) is 7.95. The van der Waals surface area contributed by atoms with Crippen LogP contribution >= 0.6 is 11.6 Å². The molecule has 1 aliphatic heterocycles. The van der Waals surface area contributed by atoms with E-state index in [1.807, 2.05) is 45.0 Å². The van der Waals surface area contributed by atoms with E-state index in [1.54, 1.807) is 27.7 Å². The first kappa shape index (κ1) is 25.0. The quantitative estimate of drug-likeness (QED) is 0.493. The highest BCUT2D eigenvalue weighted by atomic mass is 35.5. The van der Waals surface area contributed by atoms with Crippen LogP contribution in [0.15, 0.2) is 47.7 Å². The Morgan fingerprint density at radius 2 is 1.89 bits per heavy atom. The number of hydrogen-bond acceptors (Lipinski definition) is 6. The van der Waals surface area contributed by atoms with Crippen LogP contribution in [-0.2, 0) is 23.0 Å². The fraction of sp³-hybridized carbons (Fsp3) is 0.375. The van der Waals surface area contributed by atoms with Gasteiger partial charge in [0.25, 0.3) is 5.91 Å². The molecule has 1 amide bonds. The maximum atomic E-state index is 13.0. The molecule has 0 spiro atoms. The monoisotopic (exact) mass is 516 g/mol. The number of benzene rings is 1. The second-order valence-electron chi connectivity index (χ2n) is 8.82. The molecule has 0 fully saturated rings. The van der Waals surface area contributed by atoms with E-state index < -0.39 is 10.0 Å². The number of anilines is 1. The number of carbonyl (C=O) groups is 1. The Kier molecular flexibility index (Phi) is 7.32. The molecular weight excluding hydrogens is 488 g/mol. The number of nitrogens with one attached hydrogen (secondary N) is 1. The largest absolute Gasteiger partial charge is 0.347 e. The van der Waals surface area contributed by atoms with Gasteiger partial charge in [0.1, 0.15) is 17.7 Å². The molecule has 0 saturated carbocycles. The second kappa shape index (κ2) is 10.2. The molecule has 1 aromatic carbocycles. The Balaban J connectivity index is 1.40. The number of pyridine rings is 1. The molecule has 0 unspecified atom stereocenters. The predicted octanol–water partition coefficient (Wildman–Crippen LogP) is 3.53. The van der Waals surface area contributed by atoms with Crippen LogP contribution in [0.1, 0.15) is 42.5 Å². The average molecular weight is 517 g/mol. The number of aryl methyl sites for hydroxylation is 1. The molecule has 0 bridgehead atoms. The lowest BCUT2D eigenvalue weighted by molar-refractivity contribution is 0.0944. The zero-order chi connectivity index (χ0) is 25.2. The van der Waals surface area contributed by atoms with Crippen LogP contribution in [-0.4, -0.2) is 53.2 Å². The van der Waals surface area contributed by atoms with Crippen molar-refractivity contribution in [1.29, 1.82) is 0 Å². The Morgan fingerprint density at radius 3 is 2.51 bits per heavy atom. The van der Waals surface area contributed by atoms with E-state index in [-0.39, 0.29) is 17.6 Å². The second-order valence-corrected chi connectivity index (χ2v) is 11.2. The van der Waals surface area contributed by atoms with E-state index in [4.69, 9.17) is 11.6 Å². The maximum Gasteiger partial charge on any atom is 0.270 e. The van der Waals surface area contributed by atoms with Gasteiger partial charge in [-0.3, -0.25) is 18.5 Å². The minimum absolute atomic E-state index is 0.0542. The van der Waals surface area contributed by atoms with Crippen LogP contribution < -0.4 is 10.3 Å². The molecule has 0 radical (unpaired) electrons. The van der Waals surface area contributed by atoms with Crippen molar-refractivity contribution in [2.45, 2.75) is 33.7 Å². The third-order valence-electron chi connectivity index (χ3n) is 5.65. The predicted molar refractivity (Wildman–Crippen MR) is 138 cm³/mol. The molecule has 35 heavy (non-hydrogen) atoms. The molecule has 4 rings (SSSR count). The van der Waals surface area contributed by atoms with Gasteiger partial charge in [-0.2, -0.15) is 5.10 Å². The molecule has 9 nitrogen and oxygen atoms in total. The molecule has 2 aromatic heterocycles. The van der Waals surface area contributed by atoms with Crippen molar-refractivity contribution in [3.05, 3.63) is 64.6 Å². The molecule has 0 atom stereocenters. The number of carbonyl (C=O) groups excluding carboxylic acids is 1. The number of hydrazone groups is 1. The topological polar surface area (TPSA) is 99.4 Å². The fourth-order valence-electron chi connectivity index (χ4n) is 3.96. The minimum atomic E-state index is -3.35. The van der Waals surface area contributed by atoms with Gasteiger partial charge in [-0.15, -0.1) is 0 Å². The highest BCUT2D eigenvalue weighted by Crippen LogP contribution is 2.20. The van der Waals surface area contributed by atoms with Crippen molar-refractivity contribution in [3.8, 4) is 0 Å². The lowest BCUT2D eigenvalue weighted by Crippen LogP contribution is -2.42. The smallest absolute Gasteiger partial charge is 0.270 e. The van der Waals surface area contributed by atoms with Crippen molar-refractivity contribution < 1.29 is 13.2 Å². The Labute approximate surface area is 210 Å². The Hall–Kier alpha value is -3.11. The van der Waals surface area contributed by atoms with Gasteiger partial charge in [0.2, 0.25) is 10.0 Å². The number of aromatic nitrogens is 2. The van der Waals surface area contributed by atoms with Gasteiger partial charge < -0.3 is 5.32 Å². The average Bonchev–Trinajstić information content (AvgIpc) is 3.20. The van der Waals surface area contributed by atoms with Crippen molar-refractivity contribution in [1.82, 2.24) is 19.0 Å². The molecule has 0 aliphatic carbocycles. The van der Waals surface area contributed by atoms with Crippen molar-refractivity contribution in [2.24, 2.45) is 11.0 Å². The van der Waals surface area contributed by atoms with Gasteiger partial charge >= 0.3 is 0 Å². The van der Waals surface area contributed by atoms with Gasteiger partial charge in [0.05, 0.1) is 35.2 Å². The summed E-state index contributed by atoms with van der Waals surface area (Å²) < 4.78 is 27.8. The van der Waals surface area contributed by atoms with Gasteiger partial charge in [-0.05, 0) is 42.2 Å². The Morgan fingerprint density at radius 1 is 1.14 bits per heavy atom. The third kappa shape index (κ3) is 5.59. The lowest BCUT2D eigenvalue weighted by Gasteiger charge is -2.29. The van der Waals surface area contributed by atoms with Crippen LogP contribution in [0, 0.1) is 5.92 Å². The fourth-order valence-corrected chi connectivity index (χ4v) is 5.70. The van der Waals surface area contributed by atoms with E-state index in [0.29, 0.717) is 48.1 Å². The summed E-state index contributed by atoms with van der Waals surface area (Å²) in [5.74, 6) is -0.0658. The first-order chi connectivity index (χ1) is 16.7. The highest BCUT2D eigenvalue weighted by molar-refractivity contribution is 7.89. The Bertz CT molecular complexity index is 1350. The first-order valence-electron chi connectivity index (χ1n) is 11.5. The molecule has 11 heteroatoms. The van der Waals surface area contributed by atoms with Crippen molar-refractivity contribution in [2.75, 3.05) is 23.9 Å². The number of amides is 1. The van der Waals surface area contributed by atoms with Gasteiger partial charge in [-0.1, -0.05) is 44.5 Å². The summed E-state index contributed by atoms with van der Waals surface area (Å²) in [5, 5.41) is 9.57. The van der Waals surface area contributed by atoms with E-state index in [9.17, 15) is 13.2 Å². The number of sulfonamides is 1. The first-order valence-corrected chi connectivity index (χ1v) is 13.5. The van der Waals surface area contributed by atoms with Crippen LogP contribution in [0.4, 0.5) is 5.69 Å². The zero-order valence-corrected chi connectivity index (χ0v) is 21.6. The summed E-state index contributed by atoms with van der Waals surface area (Å²) in [4.78, 5) is 17.5. The zero-order valence-electron chi connectivity index (χ0n) is 20.0. The van der Waals surface area contributed by atoms with Gasteiger partial charge in [0.15, 0.2) is 0 Å². The SMILES string of the molecule is CCc1nc2ccc(Cl)cn2c1C(=O)NCc1ccc(N2CCN(S(=O)(=O)CC(C)C)C=N2)cc1. The summed E-state index contributed by atoms with van der Waals surface area (Å²) in [5.41, 5.74) is 3.66. The molecular formula is C24H29ClN6O3S. The number of fused-ring (bicyclic) bond motifs is 1. The van der Waals surface area contributed by atoms with Gasteiger partial charge in [-0.25, -0.2) is 13.4 Å². The molecule has 1 aliphatic rings. The maximum absolute atomic E-state index is 13.0. The standard InChI is InChI=1S/C24H29ClN6O3S/c1-4-21-23(30-14-19(25)7-10-22(30)28-21)24(32)26-13-18-5-8-20(9-6-18)31-12-11-29(16-27-31)35(33,34)15-17(2)3/h5-10,14,16-17H,4,11-13,15H2,1-3H3,(H,26,32). The minimum Gasteiger partial charge on any atom is -0.347 e. The summed E-state index contributed by atoms with van der Waals surface area (Å²) in [7, 11) is -3.35. The number of rotatable bonds is 8. The van der Waals surface area contributed by atoms with Crippen LogP contribution in [0.25, 0.3) is 5.65 Å². The van der Waals surface area contributed by atoms with Crippen LogP contribution in [0.5, 0.6) is 0 Å². The van der Waals surface area contributed by atoms with E-state index in [0.717, 1.165) is 11.3 Å². The van der Waals surface area contributed by atoms with Crippen molar-refractivity contribution in [3.63, 3.8) is 0 Å². The van der Waals surface area contributed by atoms with Crippen LogP contribution in [0.3, 0.4) is 0 Å². The highest BCUT2D eigenvalue weighted by Gasteiger charge is 2.24. The lowest BCUT2D eigenvalue weighted by atomic mass is 10.2. The van der Waals surface area contributed by atoms with E-state index in [1.165, 1.54) is 10.6 Å². The molecule has 186 valence electrons. The summed E-state index contributed by atoms with van der Waals surface area (Å²) in [6, 6.07) is 11.2. The normalized spacial score (nSPS) is 14.2. The molecule has 3 aromatic rings. The van der Waals surface area contributed by atoms with E-state index >= 15 is 0 Å². The number of nitrogens with zero attached hydrogens (tertiary/aromatic N) is 5. The summed E-state index contributed by atoms with van der Waals surface area (Å²) in [6.45, 7) is 6.87. The molecule has 3 heterocycles. The van der Waals surface area contributed by atoms with Gasteiger partial charge in [0, 0.05) is 12.7 Å². The molecule has 0 saturated heterocycles. The number of halogens is 1. The molecule has 1 N–H and O–H groups in total.